The summed E-state index contributed by atoms with van der Waals surface area (Å²) in [6.07, 6.45) is 5.19. The van der Waals surface area contributed by atoms with Crippen molar-refractivity contribution in [3.8, 4) is 11.1 Å². The Morgan fingerprint density at radius 1 is 1.26 bits per heavy atom. The number of nitrogens with one attached hydrogen (secondary N) is 1. The number of carbonyl (C=O) groups is 1. The largest absolute Gasteiger partial charge is 0.392 e. The number of anilines is 2. The first-order valence-corrected chi connectivity index (χ1v) is 12.3. The number of rotatable bonds is 8. The molecule has 5 rings (SSSR count). The number of nitrogens with zero attached hydrogens (tertiary/aromatic N) is 6. The summed E-state index contributed by atoms with van der Waals surface area (Å²) in [6, 6.07) is 10.4. The molecule has 1 atom stereocenters. The van der Waals surface area contributed by atoms with Crippen LogP contribution < -0.4 is 5.32 Å². The minimum Gasteiger partial charge on any atom is -0.392 e. The summed E-state index contributed by atoms with van der Waals surface area (Å²) in [4.78, 5) is 23.4. The van der Waals surface area contributed by atoms with Gasteiger partial charge in [-0.2, -0.15) is 5.10 Å². The van der Waals surface area contributed by atoms with Gasteiger partial charge in [-0.15, -0.1) is 0 Å². The Hall–Kier alpha value is -4.17. The lowest BCUT2D eigenvalue weighted by molar-refractivity contribution is 0.0386. The number of ether oxygens (including phenoxy) is 1. The maximum atomic E-state index is 13.8. The number of aliphatic hydroxyl groups is 1. The molecule has 1 aliphatic rings. The van der Waals surface area contributed by atoms with Crippen molar-refractivity contribution in [3.63, 3.8) is 0 Å². The van der Waals surface area contributed by atoms with Crippen molar-refractivity contribution in [1.29, 1.82) is 0 Å². The molecule has 0 radical (unpaired) electrons. The Morgan fingerprint density at radius 3 is 2.82 bits per heavy atom. The van der Waals surface area contributed by atoms with E-state index >= 15 is 0 Å². The molecule has 11 heteroatoms. The van der Waals surface area contributed by atoms with Gasteiger partial charge in [0.2, 0.25) is 0 Å². The number of methoxy groups -OCH3 is 1. The topological polar surface area (TPSA) is 102 Å². The fourth-order valence-corrected chi connectivity index (χ4v) is 4.90. The second-order valence-electron chi connectivity index (χ2n) is 9.05. The molecule has 4 heterocycles. The molecule has 0 aliphatic carbocycles. The van der Waals surface area contributed by atoms with Crippen LogP contribution in [0, 0.1) is 6.57 Å². The second-order valence-corrected chi connectivity index (χ2v) is 9.45. The van der Waals surface area contributed by atoms with Gasteiger partial charge in [-0.3, -0.25) is 9.48 Å². The average molecular weight is 532 g/mol. The van der Waals surface area contributed by atoms with E-state index in [0.717, 1.165) is 22.5 Å². The molecule has 4 aromatic rings. The van der Waals surface area contributed by atoms with Crippen LogP contribution >= 0.6 is 11.6 Å². The molecule has 0 saturated carbocycles. The third kappa shape index (κ3) is 4.87. The van der Waals surface area contributed by atoms with Crippen LogP contribution in [0.5, 0.6) is 0 Å². The average Bonchev–Trinajstić information content (AvgIpc) is 3.53. The van der Waals surface area contributed by atoms with Crippen LogP contribution in [0.25, 0.3) is 16.0 Å². The first-order valence-electron chi connectivity index (χ1n) is 11.9. The standard InChI is InChI=1S/C27H26ClN7O3/c1-29-20-5-4-17(15-36)18(8-20)13-35-21(16-38-3)14-34-12-19(9-24(34)27(35)37)22-10-25(30-11-23(22)28)32-26-6-7-31-33(26)2/h4-12,21,36H,13-16H2,2-3H3,(H,30,32)/t21-/m1/s1. The molecule has 0 saturated heterocycles. The molecule has 1 amide bonds. The fourth-order valence-electron chi connectivity index (χ4n) is 4.69. The SMILES string of the molecule is [C-]#[N+]c1ccc(CO)c(CN2C(=O)c3cc(-c4cc(Nc5ccnn5C)ncc4Cl)cn3C[C@@H]2COC)c1. The predicted molar refractivity (Wildman–Crippen MR) is 143 cm³/mol. The summed E-state index contributed by atoms with van der Waals surface area (Å²) in [6.45, 7) is 8.28. The maximum Gasteiger partial charge on any atom is 0.271 e. The summed E-state index contributed by atoms with van der Waals surface area (Å²) in [5.74, 6) is 1.21. The third-order valence-electron chi connectivity index (χ3n) is 6.66. The summed E-state index contributed by atoms with van der Waals surface area (Å²) >= 11 is 6.54. The Bertz CT molecular complexity index is 1540. The van der Waals surface area contributed by atoms with Gasteiger partial charge in [-0.05, 0) is 23.3 Å². The Labute approximate surface area is 224 Å². The number of carbonyl (C=O) groups excluding carboxylic acids is 1. The number of aliphatic hydroxyl groups excluding tert-OH is 1. The zero-order valence-corrected chi connectivity index (χ0v) is 21.7. The van der Waals surface area contributed by atoms with Crippen molar-refractivity contribution in [3.05, 3.63) is 88.2 Å². The second kappa shape index (κ2) is 10.7. The lowest BCUT2D eigenvalue weighted by atomic mass is 10.0. The van der Waals surface area contributed by atoms with E-state index in [9.17, 15) is 9.90 Å². The first kappa shape index (κ1) is 25.5. The van der Waals surface area contributed by atoms with E-state index in [-0.39, 0.29) is 25.1 Å². The summed E-state index contributed by atoms with van der Waals surface area (Å²) in [5.41, 5.74) is 3.92. The van der Waals surface area contributed by atoms with Gasteiger partial charge in [-0.1, -0.05) is 29.8 Å². The molecular formula is C27H26ClN7O3. The molecule has 38 heavy (non-hydrogen) atoms. The van der Waals surface area contributed by atoms with E-state index in [4.69, 9.17) is 22.9 Å². The van der Waals surface area contributed by atoms with Crippen molar-refractivity contribution in [2.24, 2.45) is 7.05 Å². The summed E-state index contributed by atoms with van der Waals surface area (Å²) < 4.78 is 9.07. The monoisotopic (exact) mass is 531 g/mol. The van der Waals surface area contributed by atoms with E-state index in [1.165, 1.54) is 0 Å². The Morgan fingerprint density at radius 2 is 2.11 bits per heavy atom. The van der Waals surface area contributed by atoms with Gasteiger partial charge in [0.25, 0.3) is 5.91 Å². The number of fused-ring (bicyclic) bond motifs is 1. The van der Waals surface area contributed by atoms with Crippen LogP contribution in [-0.4, -0.2) is 55.0 Å². The van der Waals surface area contributed by atoms with E-state index in [0.29, 0.717) is 40.9 Å². The van der Waals surface area contributed by atoms with E-state index in [1.54, 1.807) is 47.3 Å². The van der Waals surface area contributed by atoms with Crippen molar-refractivity contribution < 1.29 is 14.6 Å². The number of aromatic nitrogens is 4. The molecule has 1 aliphatic heterocycles. The van der Waals surface area contributed by atoms with Gasteiger partial charge in [0, 0.05) is 56.8 Å². The van der Waals surface area contributed by atoms with Gasteiger partial charge in [0.05, 0.1) is 37.0 Å². The minimum absolute atomic E-state index is 0.167. The van der Waals surface area contributed by atoms with Crippen LogP contribution in [0.15, 0.2) is 55.0 Å². The molecule has 10 nitrogen and oxygen atoms in total. The summed E-state index contributed by atoms with van der Waals surface area (Å²) in [5, 5.41) is 17.7. The highest BCUT2D eigenvalue weighted by Gasteiger charge is 2.33. The smallest absolute Gasteiger partial charge is 0.271 e. The number of benzene rings is 1. The minimum atomic E-state index is -0.238. The lowest BCUT2D eigenvalue weighted by Gasteiger charge is -2.36. The van der Waals surface area contributed by atoms with Crippen molar-refractivity contribution >= 4 is 34.8 Å². The third-order valence-corrected chi connectivity index (χ3v) is 6.96. The molecule has 1 aromatic carbocycles. The highest BCUT2D eigenvalue weighted by molar-refractivity contribution is 6.33. The van der Waals surface area contributed by atoms with Gasteiger partial charge in [0.1, 0.15) is 17.3 Å². The highest BCUT2D eigenvalue weighted by Crippen LogP contribution is 2.34. The predicted octanol–water partition coefficient (Wildman–Crippen LogP) is 4.39. The van der Waals surface area contributed by atoms with Crippen molar-refractivity contribution in [2.45, 2.75) is 25.7 Å². The van der Waals surface area contributed by atoms with Crippen LogP contribution in [0.4, 0.5) is 17.3 Å². The van der Waals surface area contributed by atoms with Crippen molar-refractivity contribution in [2.75, 3.05) is 19.0 Å². The fraction of sp³-hybridized carbons (Fsp3) is 0.259. The van der Waals surface area contributed by atoms with Crippen molar-refractivity contribution in [1.82, 2.24) is 24.2 Å². The number of hydrogen-bond acceptors (Lipinski definition) is 6. The molecule has 0 bridgehead atoms. The van der Waals surface area contributed by atoms with Gasteiger partial charge in [0.15, 0.2) is 5.69 Å². The lowest BCUT2D eigenvalue weighted by Crippen LogP contribution is -2.49. The molecular weight excluding hydrogens is 506 g/mol. The number of hydrogen-bond donors (Lipinski definition) is 2. The molecule has 3 aromatic heterocycles. The van der Waals surface area contributed by atoms with Gasteiger partial charge in [-0.25, -0.2) is 9.83 Å². The molecule has 0 fully saturated rings. The maximum absolute atomic E-state index is 13.8. The Balaban J connectivity index is 1.48. The zero-order valence-electron chi connectivity index (χ0n) is 20.9. The normalized spacial score (nSPS) is 14.9. The van der Waals surface area contributed by atoms with Crippen LogP contribution in [0.3, 0.4) is 0 Å². The molecule has 0 unspecified atom stereocenters. The number of pyridine rings is 1. The number of amides is 1. The van der Waals surface area contributed by atoms with E-state index < -0.39 is 0 Å². The zero-order chi connectivity index (χ0) is 26.8. The Kier molecular flexibility index (Phi) is 7.15. The molecule has 2 N–H and O–H groups in total. The number of aryl methyl sites for hydroxylation is 1. The van der Waals surface area contributed by atoms with E-state index in [1.807, 2.05) is 36.0 Å². The molecule has 194 valence electrons. The van der Waals surface area contributed by atoms with Gasteiger partial charge >= 0.3 is 0 Å². The quantitative estimate of drug-likeness (QED) is 0.327. The number of halogens is 1. The highest BCUT2D eigenvalue weighted by atomic mass is 35.5. The van der Waals surface area contributed by atoms with Crippen LogP contribution in [0.1, 0.15) is 21.6 Å². The molecule has 0 spiro atoms. The first-order chi connectivity index (χ1) is 18.4. The van der Waals surface area contributed by atoms with E-state index in [2.05, 4.69) is 20.2 Å². The van der Waals surface area contributed by atoms with Crippen LogP contribution in [0.2, 0.25) is 5.02 Å². The summed E-state index contributed by atoms with van der Waals surface area (Å²) in [7, 11) is 3.43. The van der Waals surface area contributed by atoms with Gasteiger partial charge < -0.3 is 24.6 Å². The van der Waals surface area contributed by atoms with Crippen LogP contribution in [-0.2, 0) is 31.5 Å².